The Morgan fingerprint density at radius 3 is 2.71 bits per heavy atom. The third kappa shape index (κ3) is 2.51. The van der Waals surface area contributed by atoms with Crippen molar-refractivity contribution in [2.75, 3.05) is 20.6 Å². The summed E-state index contributed by atoms with van der Waals surface area (Å²) in [6.07, 6.45) is 4.55. The van der Waals surface area contributed by atoms with Crippen molar-refractivity contribution in [2.24, 2.45) is 0 Å². The van der Waals surface area contributed by atoms with Crippen molar-refractivity contribution in [1.29, 1.82) is 0 Å². The number of carbonyl (C=O) groups is 1. The third-order valence-corrected chi connectivity index (χ3v) is 5.92. The maximum Gasteiger partial charge on any atom is 0.241 e. The number of nitrogens with one attached hydrogen (secondary N) is 1. The van der Waals surface area contributed by atoms with Gasteiger partial charge in [0.25, 0.3) is 0 Å². The van der Waals surface area contributed by atoms with Crippen molar-refractivity contribution in [1.82, 2.24) is 15.1 Å². The monoisotopic (exact) mass is 307 g/mol. The molecule has 2 aliphatic rings. The SMILES string of the molecule is CCC1NC(c2ccsc2)N(CC2(N(C)C)CCC2)C1=O. The second-order valence-corrected chi connectivity index (χ2v) is 7.31. The summed E-state index contributed by atoms with van der Waals surface area (Å²) in [6, 6.07) is 2.10. The Balaban J connectivity index is 1.84. The topological polar surface area (TPSA) is 35.6 Å². The van der Waals surface area contributed by atoms with Crippen LogP contribution in [0.2, 0.25) is 0 Å². The van der Waals surface area contributed by atoms with Crippen LogP contribution in [0.1, 0.15) is 44.3 Å². The van der Waals surface area contributed by atoms with E-state index in [9.17, 15) is 4.79 Å². The van der Waals surface area contributed by atoms with Gasteiger partial charge in [-0.25, -0.2) is 0 Å². The van der Waals surface area contributed by atoms with E-state index in [1.165, 1.54) is 24.8 Å². The van der Waals surface area contributed by atoms with Crippen LogP contribution in [-0.2, 0) is 4.79 Å². The Labute approximate surface area is 131 Å². The van der Waals surface area contributed by atoms with Crippen LogP contribution in [0.15, 0.2) is 16.8 Å². The molecule has 1 aromatic rings. The molecule has 5 heteroatoms. The zero-order valence-electron chi connectivity index (χ0n) is 13.1. The number of carbonyl (C=O) groups excluding carboxylic acids is 1. The molecule has 2 atom stereocenters. The largest absolute Gasteiger partial charge is 0.320 e. The van der Waals surface area contributed by atoms with E-state index in [0.717, 1.165) is 13.0 Å². The minimum Gasteiger partial charge on any atom is -0.320 e. The molecule has 2 fully saturated rings. The standard InChI is InChI=1S/C16H25N3OS/c1-4-13-15(20)19(11-16(18(2)3)7-5-8-16)14(17-13)12-6-9-21-10-12/h6,9-10,13-14,17H,4-5,7-8,11H2,1-3H3. The van der Waals surface area contributed by atoms with E-state index < -0.39 is 0 Å². The molecule has 1 aliphatic heterocycles. The highest BCUT2D eigenvalue weighted by Crippen LogP contribution is 2.40. The predicted molar refractivity (Wildman–Crippen MR) is 86.3 cm³/mol. The molecule has 4 nitrogen and oxygen atoms in total. The Morgan fingerprint density at radius 2 is 2.24 bits per heavy atom. The van der Waals surface area contributed by atoms with Crippen molar-refractivity contribution in [3.05, 3.63) is 22.4 Å². The van der Waals surface area contributed by atoms with Crippen LogP contribution in [0, 0.1) is 0 Å². The molecule has 1 aliphatic carbocycles. The van der Waals surface area contributed by atoms with Gasteiger partial charge in [0.15, 0.2) is 0 Å². The number of thiophene rings is 1. The molecule has 21 heavy (non-hydrogen) atoms. The fourth-order valence-corrected chi connectivity index (χ4v) is 4.18. The smallest absolute Gasteiger partial charge is 0.241 e. The van der Waals surface area contributed by atoms with E-state index in [4.69, 9.17) is 0 Å². The number of likely N-dealkylation sites (N-methyl/N-ethyl adjacent to an activating group) is 1. The fraction of sp³-hybridized carbons (Fsp3) is 0.688. The molecule has 2 heterocycles. The van der Waals surface area contributed by atoms with Crippen molar-refractivity contribution >= 4 is 17.2 Å². The zero-order valence-corrected chi connectivity index (χ0v) is 13.9. The molecular formula is C16H25N3OS. The third-order valence-electron chi connectivity index (χ3n) is 5.22. The van der Waals surface area contributed by atoms with Crippen LogP contribution in [-0.4, -0.2) is 47.9 Å². The first kappa shape index (κ1) is 15.0. The van der Waals surface area contributed by atoms with Gasteiger partial charge in [-0.2, -0.15) is 11.3 Å². The number of hydrogen-bond acceptors (Lipinski definition) is 4. The summed E-state index contributed by atoms with van der Waals surface area (Å²) in [5, 5.41) is 7.76. The van der Waals surface area contributed by atoms with Gasteiger partial charge in [-0.15, -0.1) is 0 Å². The molecule has 1 aromatic heterocycles. The summed E-state index contributed by atoms with van der Waals surface area (Å²) in [4.78, 5) is 17.1. The van der Waals surface area contributed by atoms with E-state index in [0.29, 0.717) is 0 Å². The van der Waals surface area contributed by atoms with Crippen LogP contribution in [0.4, 0.5) is 0 Å². The average Bonchev–Trinajstić information content (AvgIpc) is 3.02. The first-order valence-corrected chi connectivity index (χ1v) is 8.78. The van der Waals surface area contributed by atoms with Gasteiger partial charge in [0, 0.05) is 12.1 Å². The quantitative estimate of drug-likeness (QED) is 0.907. The van der Waals surface area contributed by atoms with Crippen LogP contribution < -0.4 is 5.32 Å². The van der Waals surface area contributed by atoms with E-state index in [-0.39, 0.29) is 23.7 Å². The van der Waals surface area contributed by atoms with Crippen molar-refractivity contribution in [3.8, 4) is 0 Å². The minimum atomic E-state index is -0.0332. The molecule has 2 unspecified atom stereocenters. The summed E-state index contributed by atoms with van der Waals surface area (Å²) >= 11 is 1.69. The maximum absolute atomic E-state index is 12.7. The summed E-state index contributed by atoms with van der Waals surface area (Å²) in [5.41, 5.74) is 1.39. The highest BCUT2D eigenvalue weighted by atomic mass is 32.1. The molecule has 1 saturated heterocycles. The summed E-state index contributed by atoms with van der Waals surface area (Å²) in [6.45, 7) is 2.91. The van der Waals surface area contributed by atoms with Crippen molar-refractivity contribution in [3.63, 3.8) is 0 Å². The lowest BCUT2D eigenvalue weighted by atomic mass is 9.75. The van der Waals surface area contributed by atoms with Crippen LogP contribution in [0.5, 0.6) is 0 Å². The predicted octanol–water partition coefficient (Wildman–Crippen LogP) is 2.44. The molecule has 116 valence electrons. The lowest BCUT2D eigenvalue weighted by molar-refractivity contribution is -0.133. The van der Waals surface area contributed by atoms with Gasteiger partial charge in [-0.3, -0.25) is 10.1 Å². The van der Waals surface area contributed by atoms with Gasteiger partial charge in [0.1, 0.15) is 6.17 Å². The molecule has 1 saturated carbocycles. The van der Waals surface area contributed by atoms with Gasteiger partial charge in [0.05, 0.1) is 6.04 Å². The van der Waals surface area contributed by atoms with Gasteiger partial charge >= 0.3 is 0 Å². The van der Waals surface area contributed by atoms with E-state index in [1.54, 1.807) is 11.3 Å². The number of rotatable bonds is 5. The lowest BCUT2D eigenvalue weighted by Gasteiger charge is -2.49. The highest BCUT2D eigenvalue weighted by Gasteiger charge is 2.47. The van der Waals surface area contributed by atoms with Crippen LogP contribution in [0.3, 0.4) is 0 Å². The lowest BCUT2D eigenvalue weighted by Crippen LogP contribution is -2.58. The fourth-order valence-electron chi connectivity index (χ4n) is 3.50. The van der Waals surface area contributed by atoms with Crippen molar-refractivity contribution in [2.45, 2.75) is 50.4 Å². The summed E-state index contributed by atoms with van der Waals surface area (Å²) in [7, 11) is 4.29. The summed E-state index contributed by atoms with van der Waals surface area (Å²) in [5.74, 6) is 0.266. The van der Waals surface area contributed by atoms with Crippen molar-refractivity contribution < 1.29 is 4.79 Å². The second-order valence-electron chi connectivity index (χ2n) is 6.53. The Morgan fingerprint density at radius 1 is 1.48 bits per heavy atom. The van der Waals surface area contributed by atoms with E-state index in [1.807, 2.05) is 0 Å². The van der Waals surface area contributed by atoms with Crippen LogP contribution >= 0.6 is 11.3 Å². The average molecular weight is 307 g/mol. The number of nitrogens with zero attached hydrogens (tertiary/aromatic N) is 2. The van der Waals surface area contributed by atoms with E-state index in [2.05, 4.69) is 53.0 Å². The van der Waals surface area contributed by atoms with Gasteiger partial charge in [0.2, 0.25) is 5.91 Å². The van der Waals surface area contributed by atoms with Gasteiger partial charge < -0.3 is 9.80 Å². The molecular weight excluding hydrogens is 282 g/mol. The molecule has 0 spiro atoms. The van der Waals surface area contributed by atoms with Crippen LogP contribution in [0.25, 0.3) is 0 Å². The minimum absolute atomic E-state index is 0.0332. The summed E-state index contributed by atoms with van der Waals surface area (Å²) < 4.78 is 0. The first-order chi connectivity index (χ1) is 10.1. The van der Waals surface area contributed by atoms with Gasteiger partial charge in [-0.1, -0.05) is 6.92 Å². The molecule has 0 radical (unpaired) electrons. The first-order valence-electron chi connectivity index (χ1n) is 7.83. The highest BCUT2D eigenvalue weighted by molar-refractivity contribution is 7.07. The molecule has 0 aromatic carbocycles. The Kier molecular flexibility index (Phi) is 4.08. The van der Waals surface area contributed by atoms with E-state index >= 15 is 0 Å². The normalized spacial score (nSPS) is 28.2. The maximum atomic E-state index is 12.7. The number of amides is 1. The molecule has 3 rings (SSSR count). The zero-order chi connectivity index (χ0) is 15.0. The second kappa shape index (κ2) is 5.71. The number of hydrogen-bond donors (Lipinski definition) is 1. The molecule has 1 N–H and O–H groups in total. The Hall–Kier alpha value is -0.910. The molecule has 0 bridgehead atoms. The van der Waals surface area contributed by atoms with Gasteiger partial charge in [-0.05, 0) is 62.2 Å². The molecule has 1 amide bonds. The Bertz CT molecular complexity index is 496.